The van der Waals surface area contributed by atoms with Crippen LogP contribution in [0.15, 0.2) is 54.4 Å². The molecule has 3 heterocycles. The van der Waals surface area contributed by atoms with Crippen molar-refractivity contribution in [3.8, 4) is 5.13 Å². The fourth-order valence-corrected chi connectivity index (χ4v) is 2.58. The van der Waals surface area contributed by atoms with E-state index < -0.39 is 0 Å². The average Bonchev–Trinajstić information content (AvgIpc) is 3.10. The van der Waals surface area contributed by atoms with Crippen LogP contribution in [0.2, 0.25) is 0 Å². The SMILES string of the molecule is c1cncc(CNCc2cccn2-c2nccs2)c1. The highest BCUT2D eigenvalue weighted by Crippen LogP contribution is 2.15. The molecule has 0 aromatic carbocycles. The first kappa shape index (κ1) is 12.1. The molecule has 0 radical (unpaired) electrons. The fraction of sp³-hybridized carbons (Fsp3) is 0.143. The molecule has 0 bridgehead atoms. The Balaban J connectivity index is 1.64. The zero-order valence-corrected chi connectivity index (χ0v) is 11.2. The maximum atomic E-state index is 4.33. The molecule has 0 aliphatic rings. The molecular weight excluding hydrogens is 256 g/mol. The molecule has 1 N–H and O–H groups in total. The first-order chi connectivity index (χ1) is 9.43. The van der Waals surface area contributed by atoms with Crippen molar-refractivity contribution in [3.63, 3.8) is 0 Å². The molecule has 0 saturated carbocycles. The van der Waals surface area contributed by atoms with Gasteiger partial charge in [0.1, 0.15) is 0 Å². The van der Waals surface area contributed by atoms with Crippen LogP contribution >= 0.6 is 11.3 Å². The van der Waals surface area contributed by atoms with Gasteiger partial charge in [0.25, 0.3) is 0 Å². The third-order valence-electron chi connectivity index (χ3n) is 2.82. The van der Waals surface area contributed by atoms with E-state index in [1.54, 1.807) is 17.5 Å². The Morgan fingerprint density at radius 3 is 2.95 bits per heavy atom. The second kappa shape index (κ2) is 5.77. The maximum absolute atomic E-state index is 4.33. The fourth-order valence-electron chi connectivity index (χ4n) is 1.92. The highest BCUT2D eigenvalue weighted by molar-refractivity contribution is 7.12. The number of thiazole rings is 1. The Labute approximate surface area is 115 Å². The van der Waals surface area contributed by atoms with Crippen molar-refractivity contribution >= 4 is 11.3 Å². The minimum Gasteiger partial charge on any atom is -0.307 e. The van der Waals surface area contributed by atoms with Gasteiger partial charge < -0.3 is 5.32 Å². The summed E-state index contributed by atoms with van der Waals surface area (Å²) in [4.78, 5) is 8.43. The summed E-state index contributed by atoms with van der Waals surface area (Å²) in [6, 6.07) is 8.18. The highest BCUT2D eigenvalue weighted by Gasteiger charge is 2.04. The molecule has 0 aliphatic heterocycles. The lowest BCUT2D eigenvalue weighted by Gasteiger charge is -2.07. The normalized spacial score (nSPS) is 10.7. The maximum Gasteiger partial charge on any atom is 0.193 e. The number of aromatic nitrogens is 3. The van der Waals surface area contributed by atoms with E-state index in [0.29, 0.717) is 0 Å². The van der Waals surface area contributed by atoms with Gasteiger partial charge in [-0.25, -0.2) is 4.98 Å². The van der Waals surface area contributed by atoms with Crippen molar-refractivity contribution in [2.45, 2.75) is 13.1 Å². The lowest BCUT2D eigenvalue weighted by atomic mass is 10.3. The van der Waals surface area contributed by atoms with Crippen molar-refractivity contribution in [1.82, 2.24) is 19.9 Å². The highest BCUT2D eigenvalue weighted by atomic mass is 32.1. The molecule has 0 amide bonds. The summed E-state index contributed by atoms with van der Waals surface area (Å²) in [7, 11) is 0. The summed E-state index contributed by atoms with van der Waals surface area (Å²) in [6.45, 7) is 1.62. The third-order valence-corrected chi connectivity index (χ3v) is 3.59. The quantitative estimate of drug-likeness (QED) is 0.775. The second-order valence-electron chi connectivity index (χ2n) is 4.15. The van der Waals surface area contributed by atoms with Crippen molar-refractivity contribution < 1.29 is 0 Å². The zero-order valence-electron chi connectivity index (χ0n) is 10.4. The standard InChI is InChI=1S/C14H14N4S/c1-3-12(9-15-5-1)10-16-11-13-4-2-7-18(13)14-17-6-8-19-14/h1-9,16H,10-11H2. The molecule has 4 nitrogen and oxygen atoms in total. The van der Waals surface area contributed by atoms with E-state index in [4.69, 9.17) is 0 Å². The number of rotatable bonds is 5. The molecular formula is C14H14N4S. The smallest absolute Gasteiger partial charge is 0.193 e. The van der Waals surface area contributed by atoms with Crippen LogP contribution in [0.25, 0.3) is 5.13 Å². The van der Waals surface area contributed by atoms with Crippen molar-refractivity contribution in [2.24, 2.45) is 0 Å². The van der Waals surface area contributed by atoms with Gasteiger partial charge in [-0.3, -0.25) is 9.55 Å². The van der Waals surface area contributed by atoms with E-state index in [9.17, 15) is 0 Å². The van der Waals surface area contributed by atoms with E-state index in [-0.39, 0.29) is 0 Å². The van der Waals surface area contributed by atoms with Crippen molar-refractivity contribution in [2.75, 3.05) is 0 Å². The predicted octanol–water partition coefficient (Wildman–Crippen LogP) is 2.62. The van der Waals surface area contributed by atoms with Crippen LogP contribution in [0.5, 0.6) is 0 Å². The summed E-state index contributed by atoms with van der Waals surface area (Å²) in [5.41, 5.74) is 2.40. The zero-order chi connectivity index (χ0) is 12.9. The Hall–Kier alpha value is -1.98. The summed E-state index contributed by atoms with van der Waals surface area (Å²) in [5.74, 6) is 0. The Kier molecular flexibility index (Phi) is 3.67. The molecule has 0 saturated heterocycles. The Bertz CT molecular complexity index is 616. The van der Waals surface area contributed by atoms with Gasteiger partial charge in [-0.2, -0.15) is 0 Å². The number of pyridine rings is 1. The van der Waals surface area contributed by atoms with Crippen LogP contribution in [0, 0.1) is 0 Å². The van der Waals surface area contributed by atoms with E-state index >= 15 is 0 Å². The van der Waals surface area contributed by atoms with Crippen molar-refractivity contribution in [1.29, 1.82) is 0 Å². The van der Waals surface area contributed by atoms with E-state index in [1.165, 1.54) is 11.3 Å². The predicted molar refractivity (Wildman–Crippen MR) is 76.2 cm³/mol. The summed E-state index contributed by atoms with van der Waals surface area (Å²) >= 11 is 1.64. The molecule has 0 atom stereocenters. The Morgan fingerprint density at radius 1 is 1.16 bits per heavy atom. The first-order valence-corrected chi connectivity index (χ1v) is 6.97. The van der Waals surface area contributed by atoms with Gasteiger partial charge in [-0.15, -0.1) is 11.3 Å². The lowest BCUT2D eigenvalue weighted by Crippen LogP contribution is -2.15. The largest absolute Gasteiger partial charge is 0.307 e. The topological polar surface area (TPSA) is 42.7 Å². The molecule has 0 aliphatic carbocycles. The molecule has 96 valence electrons. The van der Waals surface area contributed by atoms with Gasteiger partial charge in [0.15, 0.2) is 5.13 Å². The summed E-state index contributed by atoms with van der Waals surface area (Å²) in [6.07, 6.45) is 7.54. The summed E-state index contributed by atoms with van der Waals surface area (Å²) in [5, 5.41) is 6.41. The van der Waals surface area contributed by atoms with Crippen LogP contribution in [-0.4, -0.2) is 14.5 Å². The number of nitrogens with zero attached hydrogens (tertiary/aromatic N) is 3. The van der Waals surface area contributed by atoms with Gasteiger partial charge >= 0.3 is 0 Å². The first-order valence-electron chi connectivity index (χ1n) is 6.09. The van der Waals surface area contributed by atoms with E-state index in [1.807, 2.05) is 36.1 Å². The molecule has 5 heteroatoms. The monoisotopic (exact) mass is 270 g/mol. The molecule has 3 rings (SSSR count). The van der Waals surface area contributed by atoms with Gasteiger partial charge in [0, 0.05) is 49.0 Å². The van der Waals surface area contributed by atoms with Crippen LogP contribution in [0.1, 0.15) is 11.3 Å². The van der Waals surface area contributed by atoms with Crippen LogP contribution < -0.4 is 5.32 Å². The molecule has 3 aromatic heterocycles. The number of nitrogens with one attached hydrogen (secondary N) is 1. The minimum absolute atomic E-state index is 0.807. The average molecular weight is 270 g/mol. The van der Waals surface area contributed by atoms with E-state index in [0.717, 1.165) is 18.2 Å². The van der Waals surface area contributed by atoms with Crippen LogP contribution in [0.4, 0.5) is 0 Å². The number of hydrogen-bond donors (Lipinski definition) is 1. The lowest BCUT2D eigenvalue weighted by molar-refractivity contribution is 0.667. The molecule has 0 fully saturated rings. The Morgan fingerprint density at radius 2 is 2.16 bits per heavy atom. The molecule has 0 unspecified atom stereocenters. The number of hydrogen-bond acceptors (Lipinski definition) is 4. The van der Waals surface area contributed by atoms with Gasteiger partial charge in [-0.1, -0.05) is 6.07 Å². The van der Waals surface area contributed by atoms with Gasteiger partial charge in [0.2, 0.25) is 0 Å². The molecule has 0 spiro atoms. The van der Waals surface area contributed by atoms with E-state index in [2.05, 4.69) is 32.0 Å². The molecule has 19 heavy (non-hydrogen) atoms. The molecule has 3 aromatic rings. The summed E-state index contributed by atoms with van der Waals surface area (Å²) < 4.78 is 2.11. The minimum atomic E-state index is 0.807. The van der Waals surface area contributed by atoms with Gasteiger partial charge in [-0.05, 0) is 23.8 Å². The van der Waals surface area contributed by atoms with Crippen LogP contribution in [0.3, 0.4) is 0 Å². The van der Waals surface area contributed by atoms with Crippen LogP contribution in [-0.2, 0) is 13.1 Å². The van der Waals surface area contributed by atoms with Crippen molar-refractivity contribution in [3.05, 3.63) is 65.7 Å². The third kappa shape index (κ3) is 2.89. The second-order valence-corrected chi connectivity index (χ2v) is 5.02. The van der Waals surface area contributed by atoms with Gasteiger partial charge in [0.05, 0.1) is 0 Å².